The van der Waals surface area contributed by atoms with E-state index in [4.69, 9.17) is 0 Å². The molecule has 0 radical (unpaired) electrons. The van der Waals surface area contributed by atoms with Crippen molar-refractivity contribution in [3.05, 3.63) is 71.3 Å². The lowest BCUT2D eigenvalue weighted by Crippen LogP contribution is -2.14. The van der Waals surface area contributed by atoms with E-state index in [1.807, 2.05) is 24.3 Å². The lowest BCUT2D eigenvalue weighted by Gasteiger charge is -2.19. The Morgan fingerprint density at radius 2 is 1.65 bits per heavy atom. The fourth-order valence-corrected chi connectivity index (χ4v) is 3.35. The Bertz CT molecular complexity index is 600. The lowest BCUT2D eigenvalue weighted by molar-refractivity contribution is 0.0921. The van der Waals surface area contributed by atoms with Crippen molar-refractivity contribution < 1.29 is 4.79 Å². The first-order valence-electron chi connectivity index (χ1n) is 7.51. The second-order valence-electron chi connectivity index (χ2n) is 5.59. The molecule has 2 aromatic rings. The summed E-state index contributed by atoms with van der Waals surface area (Å²) in [5.41, 5.74) is 3.42. The van der Waals surface area contributed by atoms with Crippen LogP contribution < -0.4 is 0 Å². The van der Waals surface area contributed by atoms with Crippen molar-refractivity contribution in [2.45, 2.75) is 32.1 Å². The molecule has 0 bridgehead atoms. The second kappa shape index (κ2) is 5.62. The van der Waals surface area contributed by atoms with Crippen LogP contribution in [0.25, 0.3) is 0 Å². The summed E-state index contributed by atoms with van der Waals surface area (Å²) in [6.07, 6.45) is 3.25. The summed E-state index contributed by atoms with van der Waals surface area (Å²) < 4.78 is 0. The van der Waals surface area contributed by atoms with Crippen LogP contribution in [0.1, 0.15) is 53.6 Å². The molecule has 3 rings (SSSR count). The van der Waals surface area contributed by atoms with Crippen LogP contribution in [0.4, 0.5) is 0 Å². The van der Waals surface area contributed by atoms with Gasteiger partial charge in [-0.3, -0.25) is 4.79 Å². The molecule has 1 heteroatoms. The van der Waals surface area contributed by atoms with Gasteiger partial charge in [0.25, 0.3) is 0 Å². The molecule has 1 aliphatic carbocycles. The first kappa shape index (κ1) is 13.1. The minimum Gasteiger partial charge on any atom is -0.294 e. The van der Waals surface area contributed by atoms with E-state index < -0.39 is 0 Å². The first-order valence-corrected chi connectivity index (χ1v) is 7.51. The van der Waals surface area contributed by atoms with Crippen LogP contribution in [0.2, 0.25) is 0 Å². The molecule has 0 N–H and O–H groups in total. The molecule has 0 unspecified atom stereocenters. The molecule has 1 nitrogen and oxygen atoms in total. The van der Waals surface area contributed by atoms with Gasteiger partial charge in [0.05, 0.1) is 0 Å². The molecule has 0 saturated carbocycles. The summed E-state index contributed by atoms with van der Waals surface area (Å²) in [5, 5.41) is 0. The third-order valence-electron chi connectivity index (χ3n) is 4.33. The molecule has 1 aliphatic rings. The Morgan fingerprint density at radius 3 is 2.40 bits per heavy atom. The van der Waals surface area contributed by atoms with Crippen LogP contribution in [0, 0.1) is 5.92 Å². The number of unbranched alkanes of at least 4 members (excludes halogenated alkanes) is 1. The van der Waals surface area contributed by atoms with Crippen LogP contribution in [-0.4, -0.2) is 5.78 Å². The average molecular weight is 264 g/mol. The van der Waals surface area contributed by atoms with Gasteiger partial charge in [-0.2, -0.15) is 0 Å². The van der Waals surface area contributed by atoms with Gasteiger partial charge in [0.1, 0.15) is 0 Å². The van der Waals surface area contributed by atoms with Crippen molar-refractivity contribution >= 4 is 5.78 Å². The third-order valence-corrected chi connectivity index (χ3v) is 4.33. The molecule has 0 aliphatic heterocycles. The summed E-state index contributed by atoms with van der Waals surface area (Å²) in [7, 11) is 0. The number of carbonyl (C=O) groups excluding carboxylic acids is 1. The molecule has 0 fully saturated rings. The minimum atomic E-state index is 0.120. The van der Waals surface area contributed by atoms with E-state index in [2.05, 4.69) is 37.3 Å². The maximum atomic E-state index is 12.7. The van der Waals surface area contributed by atoms with Gasteiger partial charge in [-0.15, -0.1) is 0 Å². The van der Waals surface area contributed by atoms with Crippen molar-refractivity contribution in [1.29, 1.82) is 0 Å². The van der Waals surface area contributed by atoms with E-state index in [9.17, 15) is 4.79 Å². The molecule has 20 heavy (non-hydrogen) atoms. The molecule has 0 amide bonds. The number of rotatable bonds is 4. The maximum absolute atomic E-state index is 12.7. The number of hydrogen-bond acceptors (Lipinski definition) is 1. The highest BCUT2D eigenvalue weighted by atomic mass is 16.1. The van der Waals surface area contributed by atoms with E-state index in [1.54, 1.807) is 0 Å². The highest BCUT2D eigenvalue weighted by Gasteiger charge is 2.39. The SMILES string of the molecule is CCCC[C@@H]1C(=O)c2ccccc2[C@H]1c1ccccc1. The molecule has 2 atom stereocenters. The summed E-state index contributed by atoms with van der Waals surface area (Å²) >= 11 is 0. The third kappa shape index (κ3) is 2.18. The minimum absolute atomic E-state index is 0.120. The molecular weight excluding hydrogens is 244 g/mol. The fraction of sp³-hybridized carbons (Fsp3) is 0.316. The summed E-state index contributed by atoms with van der Waals surface area (Å²) in [6.45, 7) is 2.18. The van der Waals surface area contributed by atoms with E-state index in [1.165, 1.54) is 11.1 Å². The smallest absolute Gasteiger partial charge is 0.167 e. The molecule has 2 aromatic carbocycles. The number of fused-ring (bicyclic) bond motifs is 1. The van der Waals surface area contributed by atoms with Gasteiger partial charge in [0.15, 0.2) is 5.78 Å². The topological polar surface area (TPSA) is 17.1 Å². The molecule has 0 spiro atoms. The normalized spacial score (nSPS) is 20.9. The predicted octanol–water partition coefficient (Wildman–Crippen LogP) is 4.82. The first-order chi connectivity index (χ1) is 9.83. The Labute approximate surface area is 120 Å². The second-order valence-corrected chi connectivity index (χ2v) is 5.59. The Kier molecular flexibility index (Phi) is 3.68. The zero-order valence-corrected chi connectivity index (χ0v) is 11.9. The lowest BCUT2D eigenvalue weighted by atomic mass is 9.83. The average Bonchev–Trinajstić information content (AvgIpc) is 2.79. The Balaban J connectivity index is 2.05. The maximum Gasteiger partial charge on any atom is 0.167 e. The van der Waals surface area contributed by atoms with Crippen LogP contribution in [0.3, 0.4) is 0 Å². The van der Waals surface area contributed by atoms with Gasteiger partial charge in [-0.1, -0.05) is 74.4 Å². The standard InChI is InChI=1S/C19H20O/c1-2-3-11-17-18(14-9-5-4-6-10-14)15-12-7-8-13-16(15)19(17)20/h4-10,12-13,17-18H,2-3,11H2,1H3/t17-,18+/m0/s1. The number of ketones is 1. The van der Waals surface area contributed by atoms with Crippen molar-refractivity contribution in [2.24, 2.45) is 5.92 Å². The predicted molar refractivity (Wildman–Crippen MR) is 82.1 cm³/mol. The van der Waals surface area contributed by atoms with Crippen molar-refractivity contribution in [2.75, 3.05) is 0 Å². The van der Waals surface area contributed by atoms with Crippen molar-refractivity contribution in [3.8, 4) is 0 Å². The summed E-state index contributed by atoms with van der Waals surface area (Å²) in [6, 6.07) is 18.6. The zero-order chi connectivity index (χ0) is 13.9. The van der Waals surface area contributed by atoms with Crippen molar-refractivity contribution in [1.82, 2.24) is 0 Å². The van der Waals surface area contributed by atoms with E-state index in [0.29, 0.717) is 5.78 Å². The van der Waals surface area contributed by atoms with Crippen LogP contribution in [0.15, 0.2) is 54.6 Å². The highest BCUT2D eigenvalue weighted by molar-refractivity contribution is 6.03. The van der Waals surface area contributed by atoms with E-state index in [0.717, 1.165) is 24.8 Å². The largest absolute Gasteiger partial charge is 0.294 e. The quantitative estimate of drug-likeness (QED) is 0.773. The number of benzene rings is 2. The van der Waals surface area contributed by atoms with Gasteiger partial charge in [-0.05, 0) is 17.5 Å². The summed E-state index contributed by atoms with van der Waals surface area (Å²) in [4.78, 5) is 12.7. The molecule has 0 aromatic heterocycles. The Morgan fingerprint density at radius 1 is 0.950 bits per heavy atom. The monoisotopic (exact) mass is 264 g/mol. The number of carbonyl (C=O) groups is 1. The fourth-order valence-electron chi connectivity index (χ4n) is 3.35. The molecule has 0 heterocycles. The van der Waals surface area contributed by atoms with Crippen LogP contribution >= 0.6 is 0 Å². The van der Waals surface area contributed by atoms with Gasteiger partial charge < -0.3 is 0 Å². The van der Waals surface area contributed by atoms with Gasteiger partial charge >= 0.3 is 0 Å². The van der Waals surface area contributed by atoms with E-state index in [-0.39, 0.29) is 11.8 Å². The van der Waals surface area contributed by atoms with Crippen molar-refractivity contribution in [3.63, 3.8) is 0 Å². The van der Waals surface area contributed by atoms with Gasteiger partial charge in [0.2, 0.25) is 0 Å². The van der Waals surface area contributed by atoms with Gasteiger partial charge in [0, 0.05) is 17.4 Å². The van der Waals surface area contributed by atoms with Crippen LogP contribution in [0.5, 0.6) is 0 Å². The highest BCUT2D eigenvalue weighted by Crippen LogP contribution is 2.44. The summed E-state index contributed by atoms with van der Waals surface area (Å²) in [5.74, 6) is 0.698. The Hall–Kier alpha value is -1.89. The molecule has 0 saturated heterocycles. The number of hydrogen-bond donors (Lipinski definition) is 0. The zero-order valence-electron chi connectivity index (χ0n) is 11.9. The van der Waals surface area contributed by atoms with Crippen LogP contribution in [-0.2, 0) is 0 Å². The van der Waals surface area contributed by atoms with E-state index >= 15 is 0 Å². The molecule has 102 valence electrons. The number of Topliss-reactive ketones (excluding diaryl/α,β-unsaturated/α-hetero) is 1. The van der Waals surface area contributed by atoms with Gasteiger partial charge in [-0.25, -0.2) is 0 Å². The molecular formula is C19H20O.